The highest BCUT2D eigenvalue weighted by Crippen LogP contribution is 2.45. The van der Waals surface area contributed by atoms with Gasteiger partial charge >= 0.3 is 7.60 Å². The Kier molecular flexibility index (Phi) is 21.5. The molecule has 5 amide bonds. The lowest BCUT2D eigenvalue weighted by Gasteiger charge is -2.41. The van der Waals surface area contributed by atoms with E-state index in [1.807, 2.05) is 57.7 Å². The van der Waals surface area contributed by atoms with Crippen molar-refractivity contribution in [2.75, 3.05) is 68.1 Å². The zero-order valence-electron chi connectivity index (χ0n) is 44.4. The van der Waals surface area contributed by atoms with Crippen LogP contribution < -0.4 is 0 Å². The molecule has 73 heavy (non-hydrogen) atoms. The Balaban J connectivity index is 1.21. The van der Waals surface area contributed by atoms with Crippen LogP contribution in [0.15, 0.2) is 53.7 Å². The summed E-state index contributed by atoms with van der Waals surface area (Å²) >= 11 is 0. The fraction of sp³-hybridized carbons (Fsp3) is 0.667. The molecule has 0 unspecified atom stereocenters. The minimum Gasteiger partial charge on any atom is -0.379 e. The van der Waals surface area contributed by atoms with E-state index in [-0.39, 0.29) is 61.1 Å². The first kappa shape index (κ1) is 58.5. The van der Waals surface area contributed by atoms with Gasteiger partial charge in [0.1, 0.15) is 17.5 Å². The van der Waals surface area contributed by atoms with Gasteiger partial charge in [-0.25, -0.2) is 4.99 Å². The predicted octanol–water partition coefficient (Wildman–Crippen LogP) is 3.24. The number of carbonyl (C=O) groups excluding carboxylic acids is 6. The van der Waals surface area contributed by atoms with Gasteiger partial charge in [-0.2, -0.15) is 0 Å². The van der Waals surface area contributed by atoms with Crippen LogP contribution in [0.5, 0.6) is 0 Å². The predicted molar refractivity (Wildman–Crippen MR) is 274 cm³/mol. The molecule has 22 heteroatoms. The van der Waals surface area contributed by atoms with Gasteiger partial charge in [0.05, 0.1) is 49.1 Å². The normalized spacial score (nSPS) is 19.5. The Morgan fingerprint density at radius 2 is 1.53 bits per heavy atom. The fourth-order valence-corrected chi connectivity index (χ4v) is 11.1. The van der Waals surface area contributed by atoms with Gasteiger partial charge in [0.25, 0.3) is 11.8 Å². The molecular weight excluding hydrogens is 960 g/mol. The standard InChI is InChI=1S/C51H79N10O11P/c1-11-35(4)48(42(71-9)31-46(66)60-24-15-19-40(60)49(72-10)36(5)41(62)30-39(73(68,69)70)29-37-17-13-12-14-18-37)56(8)50(67)47(34(2)3)52-51(55(6)7)58-27-25-57(26-28-58)43(63)20-16-23-59-32-38(53-54-59)33-61-44(64)21-22-45(61)65/h12-14,17-18,21-22,32,34-36,39-40,42,47-49H,11,15-16,19-20,23-31,33H2,1-10H3,(H2,68,69,70)/t35-,36-,39+,40-,42+,47-,48-,49+/m0/s1. The molecule has 0 aliphatic carbocycles. The lowest BCUT2D eigenvalue weighted by atomic mass is 9.88. The third-order valence-corrected chi connectivity index (χ3v) is 15.9. The maximum absolute atomic E-state index is 14.8. The van der Waals surface area contributed by atoms with E-state index in [0.29, 0.717) is 83.0 Å². The molecule has 2 aromatic rings. The summed E-state index contributed by atoms with van der Waals surface area (Å²) in [5, 5.41) is 8.16. The van der Waals surface area contributed by atoms with E-state index in [0.717, 1.165) is 10.5 Å². The second-order valence-electron chi connectivity index (χ2n) is 20.2. The van der Waals surface area contributed by atoms with Gasteiger partial charge in [0, 0.05) is 106 Å². The Hall–Kier alpha value is -5.34. The number of rotatable bonds is 25. The van der Waals surface area contributed by atoms with Crippen LogP contribution in [0, 0.1) is 17.8 Å². The van der Waals surface area contributed by atoms with E-state index in [1.165, 1.54) is 19.3 Å². The molecule has 2 fully saturated rings. The first-order chi connectivity index (χ1) is 34.6. The molecule has 1 aromatic carbocycles. The maximum atomic E-state index is 14.8. The van der Waals surface area contributed by atoms with Crippen molar-refractivity contribution in [2.45, 2.75) is 135 Å². The number of methoxy groups -OCH3 is 2. The highest BCUT2D eigenvalue weighted by atomic mass is 31.2. The average molecular weight is 1040 g/mol. The zero-order valence-corrected chi connectivity index (χ0v) is 45.3. The molecule has 404 valence electrons. The van der Waals surface area contributed by atoms with Crippen molar-refractivity contribution in [3.8, 4) is 0 Å². The zero-order chi connectivity index (χ0) is 53.7. The molecule has 3 aliphatic rings. The molecule has 0 radical (unpaired) electrons. The molecule has 2 N–H and O–H groups in total. The summed E-state index contributed by atoms with van der Waals surface area (Å²) in [6, 6.07) is 7.17. The summed E-state index contributed by atoms with van der Waals surface area (Å²) in [4.78, 5) is 116. The van der Waals surface area contributed by atoms with Gasteiger partial charge in [-0.3, -0.25) is 42.9 Å². The number of Topliss-reactive ketones (excluding diaryl/α,β-unsaturated/α-hetero) is 1. The highest BCUT2D eigenvalue weighted by Gasteiger charge is 2.44. The van der Waals surface area contributed by atoms with Gasteiger partial charge < -0.3 is 43.8 Å². The van der Waals surface area contributed by atoms with Crippen molar-refractivity contribution in [1.29, 1.82) is 0 Å². The Bertz CT molecular complexity index is 2300. The van der Waals surface area contributed by atoms with Crippen LogP contribution in [-0.2, 0) is 62.3 Å². The number of guanidine groups is 1. The quantitative estimate of drug-likeness (QED) is 0.0628. The number of ether oxygens (including phenoxy) is 2. The second-order valence-corrected chi connectivity index (χ2v) is 22.2. The second kappa shape index (κ2) is 26.7. The van der Waals surface area contributed by atoms with E-state index in [9.17, 15) is 43.1 Å². The summed E-state index contributed by atoms with van der Waals surface area (Å²) < 4.78 is 26.3. The third kappa shape index (κ3) is 15.4. The highest BCUT2D eigenvalue weighted by molar-refractivity contribution is 7.52. The molecule has 3 aliphatic heterocycles. The Morgan fingerprint density at radius 1 is 0.890 bits per heavy atom. The number of piperazine rings is 1. The van der Waals surface area contributed by atoms with Gasteiger partial charge in [-0.1, -0.05) is 76.6 Å². The summed E-state index contributed by atoms with van der Waals surface area (Å²) in [6.07, 6.45) is 5.13. The number of amides is 5. The van der Waals surface area contributed by atoms with E-state index in [2.05, 4.69) is 15.2 Å². The summed E-state index contributed by atoms with van der Waals surface area (Å²) in [5.41, 5.74) is -0.00675. The number of hydrogen-bond acceptors (Lipinski definition) is 12. The maximum Gasteiger partial charge on any atom is 0.329 e. The lowest BCUT2D eigenvalue weighted by molar-refractivity contribution is -0.146. The largest absolute Gasteiger partial charge is 0.379 e. The van der Waals surface area contributed by atoms with E-state index in [1.54, 1.807) is 66.0 Å². The molecule has 0 bridgehead atoms. The molecule has 8 atom stereocenters. The number of ketones is 1. The summed E-state index contributed by atoms with van der Waals surface area (Å²) in [6.45, 7) is 12.5. The molecule has 0 saturated carbocycles. The summed E-state index contributed by atoms with van der Waals surface area (Å²) in [7, 11) is 3.90. The van der Waals surface area contributed by atoms with Crippen molar-refractivity contribution in [1.82, 2.24) is 44.4 Å². The number of imide groups is 1. The first-order valence-corrected chi connectivity index (χ1v) is 27.2. The van der Waals surface area contributed by atoms with Crippen LogP contribution in [0.3, 0.4) is 0 Å². The minimum absolute atomic E-state index is 0.00844. The molecular formula is C51H79N10O11P. The molecule has 21 nitrogen and oxygen atoms in total. The lowest BCUT2D eigenvalue weighted by Crippen LogP contribution is -2.56. The van der Waals surface area contributed by atoms with Crippen molar-refractivity contribution in [3.63, 3.8) is 0 Å². The number of benzene rings is 1. The van der Waals surface area contributed by atoms with Crippen molar-refractivity contribution >= 4 is 48.9 Å². The molecule has 0 spiro atoms. The number of nitrogens with zero attached hydrogens (tertiary/aromatic N) is 10. The molecule has 2 saturated heterocycles. The average Bonchev–Trinajstić information content (AvgIpc) is 4.11. The van der Waals surface area contributed by atoms with Gasteiger partial charge in [0.15, 0.2) is 5.96 Å². The summed E-state index contributed by atoms with van der Waals surface area (Å²) in [5.74, 6) is -1.97. The van der Waals surface area contributed by atoms with E-state index in [4.69, 9.17) is 14.5 Å². The van der Waals surface area contributed by atoms with Crippen molar-refractivity contribution in [2.24, 2.45) is 22.7 Å². The minimum atomic E-state index is -4.64. The number of aromatic nitrogens is 3. The number of likely N-dealkylation sites (tertiary alicyclic amines) is 1. The van der Waals surface area contributed by atoms with Crippen LogP contribution in [-0.4, -0.2) is 200 Å². The smallest absolute Gasteiger partial charge is 0.329 e. The van der Waals surface area contributed by atoms with Crippen LogP contribution >= 0.6 is 7.60 Å². The van der Waals surface area contributed by atoms with Crippen LogP contribution in [0.1, 0.15) is 90.8 Å². The first-order valence-electron chi connectivity index (χ1n) is 25.5. The third-order valence-electron chi connectivity index (χ3n) is 14.6. The van der Waals surface area contributed by atoms with E-state index >= 15 is 0 Å². The van der Waals surface area contributed by atoms with Gasteiger partial charge in [0.2, 0.25) is 17.7 Å². The number of aryl methyl sites for hydroxylation is 1. The van der Waals surface area contributed by atoms with Crippen LogP contribution in [0.25, 0.3) is 0 Å². The van der Waals surface area contributed by atoms with Gasteiger partial charge in [-0.05, 0) is 43.1 Å². The fourth-order valence-electron chi connectivity index (χ4n) is 10.2. The van der Waals surface area contributed by atoms with Crippen LogP contribution in [0.2, 0.25) is 0 Å². The molecule has 5 rings (SSSR count). The molecule has 4 heterocycles. The Morgan fingerprint density at radius 3 is 2.11 bits per heavy atom. The van der Waals surface area contributed by atoms with E-state index < -0.39 is 61.3 Å². The number of hydrogen-bond donors (Lipinski definition) is 2. The Labute approximate surface area is 430 Å². The number of carbonyl (C=O) groups is 6. The van der Waals surface area contributed by atoms with Gasteiger partial charge in [-0.15, -0.1) is 5.10 Å². The topological polar surface area (TPSA) is 241 Å². The van der Waals surface area contributed by atoms with Crippen molar-refractivity contribution in [3.05, 3.63) is 59.9 Å². The molecule has 1 aromatic heterocycles. The number of aliphatic imine (C=N–C) groups is 1. The monoisotopic (exact) mass is 1040 g/mol. The van der Waals surface area contributed by atoms with Crippen LogP contribution in [0.4, 0.5) is 0 Å². The van der Waals surface area contributed by atoms with Crippen molar-refractivity contribution < 1.29 is 52.6 Å². The number of likely N-dealkylation sites (N-methyl/N-ethyl adjacent to an activating group) is 1. The SMILES string of the molecule is CC[C@H](C)[C@@H]([C@@H](CC(=O)N1CCC[C@H]1[C@H](OC)[C@@H](C)C(=O)C[C@@H](Cc1ccccc1)P(=O)(O)O)OC)N(C)C(=O)[C@@H](N=C(N(C)C)N1CCN(C(=O)CCCn2cc(CN3C(=O)C=CC3=O)nn2)CC1)C(C)C.